The van der Waals surface area contributed by atoms with Gasteiger partial charge in [0, 0.05) is 0 Å². The van der Waals surface area contributed by atoms with E-state index in [4.69, 9.17) is 0 Å². The van der Waals surface area contributed by atoms with Crippen molar-refractivity contribution >= 4 is 10.1 Å². The van der Waals surface area contributed by atoms with E-state index in [1.54, 1.807) is 0 Å². The van der Waals surface area contributed by atoms with E-state index in [1.807, 2.05) is 0 Å². The van der Waals surface area contributed by atoms with Crippen molar-refractivity contribution in [2.24, 2.45) is 0 Å². The van der Waals surface area contributed by atoms with Gasteiger partial charge in [-0.1, -0.05) is 84.5 Å². The van der Waals surface area contributed by atoms with Crippen LogP contribution in [0.1, 0.15) is 97.3 Å². The Morgan fingerprint density at radius 2 is 1.05 bits per heavy atom. The van der Waals surface area contributed by atoms with Crippen molar-refractivity contribution in [3.05, 3.63) is 0 Å². The van der Waals surface area contributed by atoms with Gasteiger partial charge in [-0.05, 0) is 12.8 Å². The summed E-state index contributed by atoms with van der Waals surface area (Å²) in [5.74, 6) is 0. The lowest BCUT2D eigenvalue weighted by atomic mass is 10.0. The molecule has 1 atom stereocenters. The summed E-state index contributed by atoms with van der Waals surface area (Å²) in [6.45, 7) is 4.34. The predicted molar refractivity (Wildman–Crippen MR) is 86.7 cm³/mol. The molecular weight excluding hydrogens is 272 g/mol. The Morgan fingerprint density at radius 3 is 1.45 bits per heavy atom. The fourth-order valence-corrected chi connectivity index (χ4v) is 3.50. The highest BCUT2D eigenvalue weighted by atomic mass is 32.2. The first-order valence-corrected chi connectivity index (χ1v) is 9.99. The van der Waals surface area contributed by atoms with Crippen LogP contribution in [0.4, 0.5) is 0 Å². The summed E-state index contributed by atoms with van der Waals surface area (Å²) >= 11 is 0. The highest BCUT2D eigenvalue weighted by Gasteiger charge is 2.21. The minimum absolute atomic E-state index is 0.532. The molecule has 0 aromatic carbocycles. The van der Waals surface area contributed by atoms with Crippen LogP contribution in [0.2, 0.25) is 0 Å². The largest absolute Gasteiger partial charge is 0.285 e. The van der Waals surface area contributed by atoms with Gasteiger partial charge in [-0.15, -0.1) is 0 Å². The summed E-state index contributed by atoms with van der Waals surface area (Å²) < 4.78 is 32.0. The maximum atomic E-state index is 11.4. The summed E-state index contributed by atoms with van der Waals surface area (Å²) in [4.78, 5) is 0. The van der Waals surface area contributed by atoms with Crippen LogP contribution in [0.25, 0.3) is 0 Å². The smallest absolute Gasteiger partial charge is 0.267 e. The SMILES string of the molecule is CCCCCCCCCC(CCCCCC)S(=O)(=O)O. The molecule has 0 saturated carbocycles. The van der Waals surface area contributed by atoms with Gasteiger partial charge in [0.05, 0.1) is 5.25 Å². The van der Waals surface area contributed by atoms with E-state index in [1.165, 1.54) is 32.1 Å². The number of unbranched alkanes of at least 4 members (excludes halogenated alkanes) is 9. The first kappa shape index (κ1) is 19.9. The van der Waals surface area contributed by atoms with Gasteiger partial charge in [0.15, 0.2) is 0 Å². The number of hydrogen-bond donors (Lipinski definition) is 1. The molecule has 4 heteroatoms. The van der Waals surface area contributed by atoms with Gasteiger partial charge in [-0.25, -0.2) is 0 Å². The summed E-state index contributed by atoms with van der Waals surface area (Å²) in [7, 11) is -3.85. The quantitative estimate of drug-likeness (QED) is 0.347. The van der Waals surface area contributed by atoms with Gasteiger partial charge in [0.2, 0.25) is 0 Å². The molecule has 0 radical (unpaired) electrons. The van der Waals surface area contributed by atoms with E-state index in [2.05, 4.69) is 13.8 Å². The third kappa shape index (κ3) is 11.7. The first-order valence-electron chi connectivity index (χ1n) is 8.48. The van der Waals surface area contributed by atoms with E-state index >= 15 is 0 Å². The summed E-state index contributed by atoms with van der Waals surface area (Å²) in [6, 6.07) is 0. The van der Waals surface area contributed by atoms with Gasteiger partial charge < -0.3 is 0 Å². The van der Waals surface area contributed by atoms with E-state index in [0.717, 1.165) is 38.5 Å². The monoisotopic (exact) mass is 306 g/mol. The Bertz CT molecular complexity index is 299. The van der Waals surface area contributed by atoms with Crippen molar-refractivity contribution in [2.75, 3.05) is 0 Å². The minimum atomic E-state index is -3.85. The molecule has 0 spiro atoms. The molecule has 3 nitrogen and oxygen atoms in total. The predicted octanol–water partition coefficient (Wildman–Crippen LogP) is 5.35. The van der Waals surface area contributed by atoms with Crippen molar-refractivity contribution in [3.8, 4) is 0 Å². The van der Waals surface area contributed by atoms with Gasteiger partial charge in [-0.2, -0.15) is 8.42 Å². The first-order chi connectivity index (χ1) is 9.52. The average Bonchev–Trinajstić information content (AvgIpc) is 2.38. The van der Waals surface area contributed by atoms with Crippen LogP contribution in [-0.4, -0.2) is 18.2 Å². The Labute approximate surface area is 126 Å². The highest BCUT2D eigenvalue weighted by molar-refractivity contribution is 7.86. The van der Waals surface area contributed by atoms with E-state index < -0.39 is 15.4 Å². The zero-order valence-electron chi connectivity index (χ0n) is 13.4. The molecule has 0 heterocycles. The molecule has 0 amide bonds. The third-order valence-electron chi connectivity index (χ3n) is 3.93. The van der Waals surface area contributed by atoms with Gasteiger partial charge in [0.25, 0.3) is 10.1 Å². The molecule has 0 rings (SSSR count). The molecule has 1 unspecified atom stereocenters. The molecular formula is C16H34O3S. The van der Waals surface area contributed by atoms with E-state index in [-0.39, 0.29) is 0 Å². The molecule has 0 aromatic heterocycles. The molecule has 0 aliphatic rings. The summed E-state index contributed by atoms with van der Waals surface area (Å²) in [5, 5.41) is -0.532. The number of rotatable bonds is 14. The van der Waals surface area contributed by atoms with Crippen molar-refractivity contribution in [3.63, 3.8) is 0 Å². The molecule has 0 fully saturated rings. The molecule has 0 aromatic rings. The Hall–Kier alpha value is -0.0900. The topological polar surface area (TPSA) is 54.4 Å². The van der Waals surface area contributed by atoms with Crippen molar-refractivity contribution < 1.29 is 13.0 Å². The highest BCUT2D eigenvalue weighted by Crippen LogP contribution is 2.18. The fourth-order valence-electron chi connectivity index (χ4n) is 2.57. The van der Waals surface area contributed by atoms with E-state index in [9.17, 15) is 13.0 Å². The lowest BCUT2D eigenvalue weighted by Crippen LogP contribution is -2.20. The van der Waals surface area contributed by atoms with Crippen molar-refractivity contribution in [2.45, 2.75) is 103 Å². The second-order valence-corrected chi connectivity index (χ2v) is 7.59. The molecule has 1 N–H and O–H groups in total. The summed E-state index contributed by atoms with van der Waals surface area (Å²) in [6.07, 6.45) is 13.8. The van der Waals surface area contributed by atoms with Gasteiger partial charge in [0.1, 0.15) is 0 Å². The minimum Gasteiger partial charge on any atom is -0.285 e. The molecule has 20 heavy (non-hydrogen) atoms. The normalized spacial score (nSPS) is 13.6. The van der Waals surface area contributed by atoms with Crippen LogP contribution < -0.4 is 0 Å². The Kier molecular flexibility index (Phi) is 12.6. The van der Waals surface area contributed by atoms with Crippen LogP contribution in [0, 0.1) is 0 Å². The fraction of sp³-hybridized carbons (Fsp3) is 1.00. The molecule has 0 aliphatic heterocycles. The van der Waals surface area contributed by atoms with Gasteiger partial charge in [-0.3, -0.25) is 4.55 Å². The third-order valence-corrected chi connectivity index (χ3v) is 5.24. The zero-order chi connectivity index (χ0) is 15.3. The second kappa shape index (κ2) is 12.6. The lowest BCUT2D eigenvalue weighted by Gasteiger charge is -2.13. The van der Waals surface area contributed by atoms with Crippen LogP contribution in [-0.2, 0) is 10.1 Å². The average molecular weight is 307 g/mol. The van der Waals surface area contributed by atoms with Gasteiger partial charge >= 0.3 is 0 Å². The molecule has 0 bridgehead atoms. The number of hydrogen-bond acceptors (Lipinski definition) is 2. The van der Waals surface area contributed by atoms with Crippen LogP contribution in [0.3, 0.4) is 0 Å². The van der Waals surface area contributed by atoms with Crippen molar-refractivity contribution in [1.82, 2.24) is 0 Å². The molecule has 122 valence electrons. The van der Waals surface area contributed by atoms with Crippen LogP contribution >= 0.6 is 0 Å². The molecule has 0 saturated heterocycles. The van der Waals surface area contributed by atoms with E-state index in [0.29, 0.717) is 12.8 Å². The van der Waals surface area contributed by atoms with Crippen LogP contribution in [0.5, 0.6) is 0 Å². The van der Waals surface area contributed by atoms with Crippen molar-refractivity contribution in [1.29, 1.82) is 0 Å². The van der Waals surface area contributed by atoms with Crippen LogP contribution in [0.15, 0.2) is 0 Å². The maximum absolute atomic E-state index is 11.4. The zero-order valence-corrected chi connectivity index (χ0v) is 14.3. The standard InChI is InChI=1S/C16H34O3S/c1-3-5-7-9-10-11-13-15-16(20(17,18)19)14-12-8-6-4-2/h16H,3-15H2,1-2H3,(H,17,18,19). The lowest BCUT2D eigenvalue weighted by molar-refractivity contribution is 0.443. The maximum Gasteiger partial charge on any atom is 0.267 e. The second-order valence-electron chi connectivity index (χ2n) is 5.90. The molecule has 0 aliphatic carbocycles. The Balaban J connectivity index is 3.77. The summed E-state index contributed by atoms with van der Waals surface area (Å²) in [5.41, 5.74) is 0. The Morgan fingerprint density at radius 1 is 0.700 bits per heavy atom.